The lowest BCUT2D eigenvalue weighted by Crippen LogP contribution is -2.40. The van der Waals surface area contributed by atoms with Crippen molar-refractivity contribution in [1.82, 2.24) is 5.32 Å². The fourth-order valence-corrected chi connectivity index (χ4v) is 1.28. The molecule has 0 unspecified atom stereocenters. The van der Waals surface area contributed by atoms with Crippen LogP contribution in [0.3, 0.4) is 0 Å². The van der Waals surface area contributed by atoms with Gasteiger partial charge in [-0.25, -0.2) is 4.79 Å². The van der Waals surface area contributed by atoms with Crippen LogP contribution in [0.5, 0.6) is 0 Å². The highest BCUT2D eigenvalue weighted by Crippen LogP contribution is 2.27. The fraction of sp³-hybridized carbons (Fsp3) is 0.846. The van der Waals surface area contributed by atoms with Crippen molar-refractivity contribution >= 4 is 12.3 Å². The maximum absolute atomic E-state index is 11.5. The molecule has 0 saturated carbocycles. The second-order valence-electron chi connectivity index (χ2n) is 6.18. The highest BCUT2D eigenvalue weighted by molar-refractivity contribution is 5.67. The summed E-state index contributed by atoms with van der Waals surface area (Å²) in [7, 11) is 0. The summed E-state index contributed by atoms with van der Waals surface area (Å²) >= 11 is 0. The second kappa shape index (κ2) is 6.03. The predicted octanol–water partition coefficient (Wildman–Crippen LogP) is 3.21. The molecule has 0 aliphatic heterocycles. The number of nitrogens with one attached hydrogen (secondary N) is 2. The summed E-state index contributed by atoms with van der Waals surface area (Å²) in [4.78, 5) is 11.5. The number of hydrogen-bond donors (Lipinski definition) is 2. The Morgan fingerprint density at radius 1 is 1.35 bits per heavy atom. The monoisotopic (exact) mass is 242 g/mol. The van der Waals surface area contributed by atoms with Crippen LogP contribution < -0.4 is 5.32 Å². The maximum Gasteiger partial charge on any atom is 0.407 e. The Morgan fingerprint density at radius 3 is 2.29 bits per heavy atom. The van der Waals surface area contributed by atoms with Gasteiger partial charge in [-0.1, -0.05) is 20.8 Å². The Morgan fingerprint density at radius 2 is 1.88 bits per heavy atom. The molecule has 0 radical (unpaired) electrons. The van der Waals surface area contributed by atoms with E-state index < -0.39 is 5.60 Å². The molecule has 0 aromatic carbocycles. The zero-order valence-corrected chi connectivity index (χ0v) is 11.9. The van der Waals surface area contributed by atoms with Gasteiger partial charge in [-0.3, -0.25) is 0 Å². The smallest absolute Gasteiger partial charge is 0.407 e. The molecule has 1 atom stereocenters. The van der Waals surface area contributed by atoms with Crippen molar-refractivity contribution in [2.75, 3.05) is 6.54 Å². The Labute approximate surface area is 105 Å². The van der Waals surface area contributed by atoms with E-state index >= 15 is 0 Å². The molecule has 0 aliphatic carbocycles. The normalized spacial score (nSPS) is 14.0. The molecule has 4 nitrogen and oxygen atoms in total. The molecule has 0 fully saturated rings. The number of ether oxygens (including phenoxy) is 1. The molecule has 100 valence electrons. The van der Waals surface area contributed by atoms with Crippen molar-refractivity contribution in [3.8, 4) is 0 Å². The second-order valence-corrected chi connectivity index (χ2v) is 6.18. The molecule has 17 heavy (non-hydrogen) atoms. The molecule has 0 aromatic rings. The van der Waals surface area contributed by atoms with Crippen LogP contribution in [-0.2, 0) is 4.74 Å². The highest BCUT2D eigenvalue weighted by atomic mass is 16.6. The van der Waals surface area contributed by atoms with E-state index in [0.717, 1.165) is 6.42 Å². The summed E-state index contributed by atoms with van der Waals surface area (Å²) < 4.78 is 5.18. The van der Waals surface area contributed by atoms with Crippen LogP contribution in [-0.4, -0.2) is 24.5 Å². The molecule has 4 heteroatoms. The van der Waals surface area contributed by atoms with E-state index in [0.29, 0.717) is 12.5 Å². The van der Waals surface area contributed by atoms with E-state index in [-0.39, 0.29) is 11.5 Å². The minimum atomic E-state index is -0.463. The molecule has 1 amide bonds. The standard InChI is InChI=1S/C13H26N2O2/c1-10(7-8-14)13(5,6)9-15-11(16)17-12(2,3)4/h8,10,14H,7,9H2,1-6H3,(H,15,16)/t10-/m1/s1. The third-order valence-corrected chi connectivity index (χ3v) is 2.89. The first-order valence-electron chi connectivity index (χ1n) is 6.04. The molecule has 0 heterocycles. The quantitative estimate of drug-likeness (QED) is 0.727. The van der Waals surface area contributed by atoms with E-state index in [2.05, 4.69) is 26.1 Å². The van der Waals surface area contributed by atoms with Gasteiger partial charge >= 0.3 is 6.09 Å². The van der Waals surface area contributed by atoms with Crippen molar-refractivity contribution in [3.05, 3.63) is 0 Å². The highest BCUT2D eigenvalue weighted by Gasteiger charge is 2.26. The molecule has 0 aromatic heterocycles. The third kappa shape index (κ3) is 6.97. The molecule has 0 aliphatic rings. The Hall–Kier alpha value is -1.06. The number of amides is 1. The van der Waals surface area contributed by atoms with Crippen LogP contribution in [0, 0.1) is 16.7 Å². The summed E-state index contributed by atoms with van der Waals surface area (Å²) in [5, 5.41) is 9.89. The first kappa shape index (κ1) is 15.9. The topological polar surface area (TPSA) is 62.2 Å². The molecule has 0 rings (SSSR count). The van der Waals surface area contributed by atoms with Gasteiger partial charge in [0.05, 0.1) is 0 Å². The number of carbonyl (C=O) groups is 1. The summed E-state index contributed by atoms with van der Waals surface area (Å²) in [6, 6.07) is 0. The van der Waals surface area contributed by atoms with E-state index in [9.17, 15) is 4.79 Å². The zero-order valence-electron chi connectivity index (χ0n) is 11.9. The fourth-order valence-electron chi connectivity index (χ4n) is 1.28. The lowest BCUT2D eigenvalue weighted by molar-refractivity contribution is 0.0493. The van der Waals surface area contributed by atoms with Gasteiger partial charge < -0.3 is 15.5 Å². The Bertz CT molecular complexity index is 267. The first-order chi connectivity index (χ1) is 7.58. The van der Waals surface area contributed by atoms with E-state index in [1.165, 1.54) is 6.21 Å². The minimum absolute atomic E-state index is 0.0472. The molecule has 0 bridgehead atoms. The van der Waals surface area contributed by atoms with Crippen LogP contribution in [0.4, 0.5) is 4.79 Å². The van der Waals surface area contributed by atoms with Gasteiger partial charge in [-0.15, -0.1) is 0 Å². The maximum atomic E-state index is 11.5. The van der Waals surface area contributed by atoms with E-state index in [1.54, 1.807) is 0 Å². The molecular formula is C13H26N2O2. The van der Waals surface area contributed by atoms with Crippen molar-refractivity contribution in [2.45, 2.75) is 53.6 Å². The number of rotatable bonds is 5. The van der Waals surface area contributed by atoms with Crippen molar-refractivity contribution in [3.63, 3.8) is 0 Å². The molecular weight excluding hydrogens is 216 g/mol. The van der Waals surface area contributed by atoms with Gasteiger partial charge in [0.2, 0.25) is 0 Å². The van der Waals surface area contributed by atoms with Crippen molar-refractivity contribution in [2.24, 2.45) is 11.3 Å². The number of hydrogen-bond acceptors (Lipinski definition) is 3. The molecule has 0 spiro atoms. The summed E-state index contributed by atoms with van der Waals surface area (Å²) in [5.74, 6) is 0.343. The SMILES string of the molecule is C[C@H](CC=N)C(C)(C)CNC(=O)OC(C)(C)C. The van der Waals surface area contributed by atoms with Crippen LogP contribution in [0.1, 0.15) is 48.0 Å². The third-order valence-electron chi connectivity index (χ3n) is 2.89. The molecule has 0 saturated heterocycles. The Kier molecular flexibility index (Phi) is 5.66. The summed E-state index contributed by atoms with van der Waals surface area (Å²) in [6.07, 6.45) is 1.76. The van der Waals surface area contributed by atoms with Crippen LogP contribution >= 0.6 is 0 Å². The van der Waals surface area contributed by atoms with Crippen LogP contribution in [0.25, 0.3) is 0 Å². The van der Waals surface area contributed by atoms with Gasteiger partial charge in [0.15, 0.2) is 0 Å². The number of alkyl carbamates (subject to hydrolysis) is 1. The van der Waals surface area contributed by atoms with Gasteiger partial charge in [-0.2, -0.15) is 0 Å². The van der Waals surface area contributed by atoms with Gasteiger partial charge in [0.25, 0.3) is 0 Å². The lowest BCUT2D eigenvalue weighted by Gasteiger charge is -2.31. The van der Waals surface area contributed by atoms with Gasteiger partial charge in [0, 0.05) is 6.54 Å². The zero-order chi connectivity index (χ0) is 13.7. The average molecular weight is 242 g/mol. The lowest BCUT2D eigenvalue weighted by atomic mass is 9.78. The minimum Gasteiger partial charge on any atom is -0.444 e. The van der Waals surface area contributed by atoms with Crippen molar-refractivity contribution in [1.29, 1.82) is 5.41 Å². The Balaban J connectivity index is 4.18. The van der Waals surface area contributed by atoms with E-state index in [1.807, 2.05) is 20.8 Å². The van der Waals surface area contributed by atoms with Crippen LogP contribution in [0.15, 0.2) is 0 Å². The first-order valence-corrected chi connectivity index (χ1v) is 6.04. The number of carbonyl (C=O) groups excluding carboxylic acids is 1. The molecule has 2 N–H and O–H groups in total. The van der Waals surface area contributed by atoms with Gasteiger partial charge in [0.1, 0.15) is 5.60 Å². The van der Waals surface area contributed by atoms with Gasteiger partial charge in [-0.05, 0) is 44.7 Å². The summed E-state index contributed by atoms with van der Waals surface area (Å²) in [5.41, 5.74) is -0.511. The summed E-state index contributed by atoms with van der Waals surface area (Å²) in [6.45, 7) is 12.3. The average Bonchev–Trinajstić information content (AvgIpc) is 2.12. The van der Waals surface area contributed by atoms with E-state index in [4.69, 9.17) is 10.1 Å². The largest absolute Gasteiger partial charge is 0.444 e. The van der Waals surface area contributed by atoms with Crippen molar-refractivity contribution < 1.29 is 9.53 Å². The predicted molar refractivity (Wildman–Crippen MR) is 70.6 cm³/mol. The van der Waals surface area contributed by atoms with Crippen LogP contribution in [0.2, 0.25) is 0 Å².